The number of halogens is 1. The number of hydrogen-bond donors (Lipinski definition) is 2. The van der Waals surface area contributed by atoms with E-state index in [1.165, 1.54) is 35.1 Å². The summed E-state index contributed by atoms with van der Waals surface area (Å²) in [5.41, 5.74) is 1.57. The standard InChI is InChI=1S/C10H7NOS.C5H6BNO2.C5H3BrOS/c12-7-9-1-2-10(13-9)8-3-5-11-6-4-8;8-6(9)5-1-3-7-4-2-5;6-5-2-1-4(3-7)8-5/h1-7H;1-4,8-9H;1-3H. The Morgan fingerprint density at radius 1 is 0.767 bits per heavy atom. The lowest BCUT2D eigenvalue weighted by molar-refractivity contribution is 0.111. The molecule has 0 radical (unpaired) electrons. The Balaban J connectivity index is 0.000000167. The van der Waals surface area contributed by atoms with Crippen molar-refractivity contribution in [3.8, 4) is 10.4 Å². The van der Waals surface area contributed by atoms with Crippen molar-refractivity contribution in [2.75, 3.05) is 0 Å². The van der Waals surface area contributed by atoms with E-state index >= 15 is 0 Å². The van der Waals surface area contributed by atoms with Crippen LogP contribution in [-0.2, 0) is 0 Å². The highest BCUT2D eigenvalue weighted by atomic mass is 79.9. The van der Waals surface area contributed by atoms with Crippen LogP contribution in [0.15, 0.2) is 77.1 Å². The summed E-state index contributed by atoms with van der Waals surface area (Å²) < 4.78 is 1.000. The van der Waals surface area contributed by atoms with Crippen molar-refractivity contribution in [1.82, 2.24) is 9.97 Å². The third kappa shape index (κ3) is 8.09. The Labute approximate surface area is 190 Å². The van der Waals surface area contributed by atoms with Crippen LogP contribution in [-0.4, -0.2) is 39.7 Å². The van der Waals surface area contributed by atoms with Crippen molar-refractivity contribution < 1.29 is 19.6 Å². The number of thiophene rings is 2. The van der Waals surface area contributed by atoms with Gasteiger partial charge in [0.15, 0.2) is 12.6 Å². The van der Waals surface area contributed by atoms with Crippen LogP contribution in [0.5, 0.6) is 0 Å². The van der Waals surface area contributed by atoms with Crippen molar-refractivity contribution in [3.63, 3.8) is 0 Å². The molecule has 0 bridgehead atoms. The molecule has 4 rings (SSSR count). The molecule has 4 aromatic rings. The fraction of sp³-hybridized carbons (Fsp3) is 0. The van der Waals surface area contributed by atoms with E-state index in [2.05, 4.69) is 25.9 Å². The van der Waals surface area contributed by atoms with Gasteiger partial charge in [-0.05, 0) is 75.5 Å². The maximum absolute atomic E-state index is 10.4. The van der Waals surface area contributed by atoms with Crippen LogP contribution in [0, 0.1) is 0 Å². The zero-order valence-electron chi connectivity index (χ0n) is 15.5. The average Bonchev–Trinajstić information content (AvgIpc) is 3.45. The second-order valence-electron chi connectivity index (χ2n) is 5.47. The van der Waals surface area contributed by atoms with Crippen molar-refractivity contribution in [2.45, 2.75) is 0 Å². The molecule has 10 heteroatoms. The molecule has 0 amide bonds. The summed E-state index contributed by atoms with van der Waals surface area (Å²) in [6, 6.07) is 14.4. The normalized spacial score (nSPS) is 9.43. The molecule has 0 aliphatic rings. The summed E-state index contributed by atoms with van der Waals surface area (Å²) in [5.74, 6) is 0. The monoisotopic (exact) mass is 502 g/mol. The SMILES string of the molecule is O=Cc1ccc(-c2ccncc2)s1.O=Cc1ccc(Br)s1.OB(O)c1ccncc1. The summed E-state index contributed by atoms with van der Waals surface area (Å²) in [5, 5.41) is 17.1. The van der Waals surface area contributed by atoms with Gasteiger partial charge in [0.1, 0.15) is 0 Å². The van der Waals surface area contributed by atoms with Crippen LogP contribution >= 0.6 is 38.6 Å². The molecule has 4 aromatic heterocycles. The smallest absolute Gasteiger partial charge is 0.423 e. The molecule has 0 aromatic carbocycles. The van der Waals surface area contributed by atoms with Gasteiger partial charge in [-0.1, -0.05) is 0 Å². The molecule has 2 N–H and O–H groups in total. The highest BCUT2D eigenvalue weighted by Crippen LogP contribution is 2.26. The Morgan fingerprint density at radius 2 is 1.30 bits per heavy atom. The van der Waals surface area contributed by atoms with Gasteiger partial charge in [-0.15, -0.1) is 22.7 Å². The molecular formula is C20H16BBrN2O4S2. The van der Waals surface area contributed by atoms with E-state index in [1.54, 1.807) is 30.6 Å². The Kier molecular flexibility index (Phi) is 10.3. The Bertz CT molecular complexity index is 1040. The van der Waals surface area contributed by atoms with Crippen molar-refractivity contribution in [2.24, 2.45) is 0 Å². The van der Waals surface area contributed by atoms with Crippen molar-refractivity contribution in [3.05, 3.63) is 86.9 Å². The second kappa shape index (κ2) is 12.9. The minimum atomic E-state index is -1.38. The number of pyridine rings is 2. The van der Waals surface area contributed by atoms with E-state index in [4.69, 9.17) is 10.0 Å². The number of aldehydes is 2. The van der Waals surface area contributed by atoms with Crippen molar-refractivity contribution >= 4 is 63.8 Å². The van der Waals surface area contributed by atoms with Crippen LogP contribution in [0.3, 0.4) is 0 Å². The fourth-order valence-corrected chi connectivity index (χ4v) is 4.08. The molecule has 0 fully saturated rings. The van der Waals surface area contributed by atoms with E-state index in [-0.39, 0.29) is 0 Å². The summed E-state index contributed by atoms with van der Waals surface area (Å²) >= 11 is 6.16. The van der Waals surface area contributed by atoms with E-state index in [0.29, 0.717) is 5.46 Å². The minimum Gasteiger partial charge on any atom is -0.423 e. The first-order valence-electron chi connectivity index (χ1n) is 8.45. The largest absolute Gasteiger partial charge is 0.488 e. The van der Waals surface area contributed by atoms with E-state index in [0.717, 1.165) is 36.6 Å². The van der Waals surface area contributed by atoms with Gasteiger partial charge >= 0.3 is 7.12 Å². The predicted molar refractivity (Wildman–Crippen MR) is 124 cm³/mol. The van der Waals surface area contributed by atoms with Gasteiger partial charge in [-0.25, -0.2) is 0 Å². The van der Waals surface area contributed by atoms with Crippen molar-refractivity contribution in [1.29, 1.82) is 0 Å². The lowest BCUT2D eigenvalue weighted by atomic mass is 9.81. The summed E-state index contributed by atoms with van der Waals surface area (Å²) in [6.07, 6.45) is 8.22. The first-order valence-corrected chi connectivity index (χ1v) is 10.9. The highest BCUT2D eigenvalue weighted by Gasteiger charge is 2.07. The summed E-state index contributed by atoms with van der Waals surface area (Å²) in [7, 11) is -1.38. The van der Waals surface area contributed by atoms with E-state index < -0.39 is 7.12 Å². The zero-order valence-corrected chi connectivity index (χ0v) is 18.7. The van der Waals surface area contributed by atoms with Gasteiger partial charge in [0.2, 0.25) is 0 Å². The molecule has 0 spiro atoms. The lowest BCUT2D eigenvalue weighted by Crippen LogP contribution is -2.29. The first-order chi connectivity index (χ1) is 14.5. The third-order valence-corrected chi connectivity index (χ3v) is 6.03. The summed E-state index contributed by atoms with van der Waals surface area (Å²) in [4.78, 5) is 30.7. The first kappa shape index (κ1) is 23.8. The number of carbonyl (C=O) groups is 2. The number of nitrogens with zero attached hydrogens (tertiary/aromatic N) is 2. The zero-order chi connectivity index (χ0) is 21.8. The van der Waals surface area contributed by atoms with Crippen LogP contribution in [0.1, 0.15) is 19.3 Å². The highest BCUT2D eigenvalue weighted by molar-refractivity contribution is 9.11. The quantitative estimate of drug-likeness (QED) is 0.326. The Morgan fingerprint density at radius 3 is 1.70 bits per heavy atom. The van der Waals surface area contributed by atoms with Crippen LogP contribution in [0.2, 0.25) is 0 Å². The fourth-order valence-electron chi connectivity index (χ4n) is 2.01. The molecule has 0 aliphatic carbocycles. The number of hydrogen-bond acceptors (Lipinski definition) is 8. The van der Waals surface area contributed by atoms with Crippen LogP contribution in [0.25, 0.3) is 10.4 Å². The minimum absolute atomic E-state index is 0.463. The molecule has 6 nitrogen and oxygen atoms in total. The Hall–Kier alpha value is -2.50. The maximum Gasteiger partial charge on any atom is 0.488 e. The number of rotatable bonds is 4. The van der Waals surface area contributed by atoms with E-state index in [9.17, 15) is 9.59 Å². The third-order valence-electron chi connectivity index (χ3n) is 3.42. The molecule has 0 atom stereocenters. The topological polar surface area (TPSA) is 100 Å². The van der Waals surface area contributed by atoms with Crippen LogP contribution in [0.4, 0.5) is 0 Å². The molecule has 0 saturated heterocycles. The lowest BCUT2D eigenvalue weighted by Gasteiger charge is -1.93. The summed E-state index contributed by atoms with van der Waals surface area (Å²) in [6.45, 7) is 0. The van der Waals surface area contributed by atoms with Crippen LogP contribution < -0.4 is 5.46 Å². The molecule has 30 heavy (non-hydrogen) atoms. The molecule has 0 unspecified atom stereocenters. The molecule has 0 aliphatic heterocycles. The predicted octanol–water partition coefficient (Wildman–Crippen LogP) is 3.71. The van der Waals surface area contributed by atoms with Gasteiger partial charge in [-0.2, -0.15) is 0 Å². The van der Waals surface area contributed by atoms with Gasteiger partial charge < -0.3 is 10.0 Å². The van der Waals surface area contributed by atoms with Gasteiger partial charge in [0.05, 0.1) is 13.5 Å². The number of carbonyl (C=O) groups excluding carboxylic acids is 2. The van der Waals surface area contributed by atoms with Gasteiger partial charge in [-0.3, -0.25) is 19.6 Å². The number of aromatic nitrogens is 2. The molecular weight excluding hydrogens is 487 g/mol. The van der Waals surface area contributed by atoms with Gasteiger partial charge in [0.25, 0.3) is 0 Å². The maximum atomic E-state index is 10.4. The van der Waals surface area contributed by atoms with Gasteiger partial charge in [0, 0.05) is 29.7 Å². The second-order valence-corrected chi connectivity index (χ2v) is 9.08. The molecule has 4 heterocycles. The molecule has 152 valence electrons. The van der Waals surface area contributed by atoms with E-state index in [1.807, 2.05) is 30.3 Å². The average molecular weight is 503 g/mol. The molecule has 0 saturated carbocycles.